The van der Waals surface area contributed by atoms with E-state index in [0.29, 0.717) is 13.2 Å². The number of sulfonamides is 1. The molecular weight excluding hydrogens is 404 g/mol. The van der Waals surface area contributed by atoms with Crippen molar-refractivity contribution in [3.8, 4) is 5.75 Å². The van der Waals surface area contributed by atoms with Gasteiger partial charge in [0.2, 0.25) is 10.0 Å². The molecule has 1 aliphatic rings. The van der Waals surface area contributed by atoms with Crippen LogP contribution in [0, 0.1) is 10.1 Å². The second-order valence-corrected chi connectivity index (χ2v) is 8.86. The Kier molecular flexibility index (Phi) is 6.55. The van der Waals surface area contributed by atoms with Crippen LogP contribution in [0.5, 0.6) is 5.75 Å². The fourth-order valence-corrected chi connectivity index (χ4v) is 4.58. The van der Waals surface area contributed by atoms with Crippen molar-refractivity contribution in [3.05, 3.63) is 58.1 Å². The van der Waals surface area contributed by atoms with Gasteiger partial charge >= 0.3 is 5.69 Å². The summed E-state index contributed by atoms with van der Waals surface area (Å²) in [6.07, 6.45) is 1.97. The summed E-state index contributed by atoms with van der Waals surface area (Å²) >= 11 is 1.62. The quantitative estimate of drug-likeness (QED) is 0.383. The molecule has 0 radical (unpaired) electrons. The highest BCUT2D eigenvalue weighted by molar-refractivity contribution is 7.98. The van der Waals surface area contributed by atoms with Crippen LogP contribution >= 0.6 is 11.8 Å². The SMILES string of the molecule is CSc1ccc(COc2ccc(S(=O)(=O)N3CCOCC3)cc2[N+](=O)[O-])cc1. The van der Waals surface area contributed by atoms with Crippen LogP contribution in [-0.4, -0.2) is 50.2 Å². The van der Waals surface area contributed by atoms with Crippen LogP contribution in [0.15, 0.2) is 52.3 Å². The Bertz CT molecular complexity index is 941. The first-order valence-electron chi connectivity index (χ1n) is 8.54. The molecule has 0 atom stereocenters. The minimum Gasteiger partial charge on any atom is -0.482 e. The largest absolute Gasteiger partial charge is 0.482 e. The van der Waals surface area contributed by atoms with Gasteiger partial charge in [-0.2, -0.15) is 4.31 Å². The molecule has 2 aromatic rings. The molecule has 1 saturated heterocycles. The van der Waals surface area contributed by atoms with Crippen LogP contribution < -0.4 is 4.74 Å². The van der Waals surface area contributed by atoms with Crippen molar-refractivity contribution in [2.75, 3.05) is 32.6 Å². The molecule has 2 aromatic carbocycles. The predicted molar refractivity (Wildman–Crippen MR) is 105 cm³/mol. The molecule has 0 spiro atoms. The van der Waals surface area contributed by atoms with E-state index in [9.17, 15) is 18.5 Å². The molecule has 10 heteroatoms. The Balaban J connectivity index is 1.81. The van der Waals surface area contributed by atoms with Gasteiger partial charge in [-0.05, 0) is 36.1 Å². The number of rotatable bonds is 7. The summed E-state index contributed by atoms with van der Waals surface area (Å²) in [5.41, 5.74) is 0.479. The molecule has 1 fully saturated rings. The Labute approximate surface area is 167 Å². The molecule has 0 amide bonds. The Morgan fingerprint density at radius 1 is 1.18 bits per heavy atom. The van der Waals surface area contributed by atoms with E-state index >= 15 is 0 Å². The van der Waals surface area contributed by atoms with Gasteiger partial charge in [0.25, 0.3) is 0 Å². The lowest BCUT2D eigenvalue weighted by atomic mass is 10.2. The van der Waals surface area contributed by atoms with Gasteiger partial charge < -0.3 is 9.47 Å². The summed E-state index contributed by atoms with van der Waals surface area (Å²) < 4.78 is 37.5. The lowest BCUT2D eigenvalue weighted by Crippen LogP contribution is -2.40. The van der Waals surface area contributed by atoms with E-state index in [0.717, 1.165) is 16.5 Å². The zero-order chi connectivity index (χ0) is 20.1. The summed E-state index contributed by atoms with van der Waals surface area (Å²) in [7, 11) is -3.82. The highest BCUT2D eigenvalue weighted by Gasteiger charge is 2.29. The van der Waals surface area contributed by atoms with E-state index < -0.39 is 14.9 Å². The van der Waals surface area contributed by atoms with Crippen LogP contribution in [0.3, 0.4) is 0 Å². The molecule has 0 bridgehead atoms. The van der Waals surface area contributed by atoms with Gasteiger partial charge in [-0.3, -0.25) is 10.1 Å². The van der Waals surface area contributed by atoms with Crippen molar-refractivity contribution in [1.29, 1.82) is 0 Å². The molecule has 0 saturated carbocycles. The standard InChI is InChI=1S/C18H20N2O6S2/c1-27-15-4-2-14(3-5-15)13-26-18-7-6-16(12-17(18)20(21)22)28(23,24)19-8-10-25-11-9-19/h2-7,12H,8-11,13H2,1H3. The molecule has 0 aliphatic carbocycles. The van der Waals surface area contributed by atoms with Crippen LogP contribution in [0.25, 0.3) is 0 Å². The smallest absolute Gasteiger partial charge is 0.312 e. The van der Waals surface area contributed by atoms with E-state index in [1.807, 2.05) is 30.5 Å². The monoisotopic (exact) mass is 424 g/mol. The third-order valence-electron chi connectivity index (χ3n) is 4.29. The molecule has 1 heterocycles. The van der Waals surface area contributed by atoms with Crippen molar-refractivity contribution in [2.24, 2.45) is 0 Å². The molecule has 0 aromatic heterocycles. The average molecular weight is 425 g/mol. The van der Waals surface area contributed by atoms with Crippen LogP contribution in [0.1, 0.15) is 5.56 Å². The summed E-state index contributed by atoms with van der Waals surface area (Å²) in [6, 6.07) is 11.4. The second-order valence-electron chi connectivity index (χ2n) is 6.04. The minimum atomic E-state index is -3.82. The number of thioether (sulfide) groups is 1. The van der Waals surface area contributed by atoms with Gasteiger partial charge in [0.05, 0.1) is 23.0 Å². The Hall–Kier alpha value is -2.14. The Morgan fingerprint density at radius 3 is 2.46 bits per heavy atom. The highest BCUT2D eigenvalue weighted by atomic mass is 32.2. The minimum absolute atomic E-state index is 0.0277. The summed E-state index contributed by atoms with van der Waals surface area (Å²) in [5.74, 6) is 0.0277. The van der Waals surface area contributed by atoms with Crippen molar-refractivity contribution < 1.29 is 22.8 Å². The topological polar surface area (TPSA) is 99.0 Å². The number of nitro groups is 1. The summed E-state index contributed by atoms with van der Waals surface area (Å²) in [4.78, 5) is 11.8. The number of morpholine rings is 1. The van der Waals surface area contributed by atoms with Crippen molar-refractivity contribution >= 4 is 27.5 Å². The maximum atomic E-state index is 12.7. The maximum absolute atomic E-state index is 12.7. The molecule has 1 aliphatic heterocycles. The number of hydrogen-bond acceptors (Lipinski definition) is 7. The molecule has 0 N–H and O–H groups in total. The Morgan fingerprint density at radius 2 is 1.86 bits per heavy atom. The van der Waals surface area contributed by atoms with E-state index in [1.54, 1.807) is 11.8 Å². The molecule has 28 heavy (non-hydrogen) atoms. The van der Waals surface area contributed by atoms with Gasteiger partial charge in [0.1, 0.15) is 6.61 Å². The maximum Gasteiger partial charge on any atom is 0.312 e. The zero-order valence-corrected chi connectivity index (χ0v) is 16.9. The van der Waals surface area contributed by atoms with Crippen LogP contribution in [0.2, 0.25) is 0 Å². The first kappa shape index (κ1) is 20.6. The number of nitrogens with zero attached hydrogens (tertiary/aromatic N) is 2. The first-order chi connectivity index (χ1) is 13.4. The fourth-order valence-electron chi connectivity index (χ4n) is 2.74. The van der Waals surface area contributed by atoms with Gasteiger partial charge in [-0.1, -0.05) is 12.1 Å². The lowest BCUT2D eigenvalue weighted by Gasteiger charge is -2.26. The third kappa shape index (κ3) is 4.64. The summed E-state index contributed by atoms with van der Waals surface area (Å²) in [6.45, 7) is 1.20. The van der Waals surface area contributed by atoms with E-state index in [1.165, 1.54) is 16.4 Å². The average Bonchev–Trinajstić information content (AvgIpc) is 2.73. The number of ether oxygens (including phenoxy) is 2. The molecule has 150 valence electrons. The predicted octanol–water partition coefficient (Wildman–Crippen LogP) is 2.92. The second kappa shape index (κ2) is 8.91. The van der Waals surface area contributed by atoms with E-state index in [2.05, 4.69) is 0 Å². The molecule has 0 unspecified atom stereocenters. The number of nitro benzene ring substituents is 1. The fraction of sp³-hybridized carbons (Fsp3) is 0.333. The number of hydrogen-bond donors (Lipinski definition) is 0. The van der Waals surface area contributed by atoms with Gasteiger partial charge in [-0.15, -0.1) is 11.8 Å². The third-order valence-corrected chi connectivity index (χ3v) is 6.93. The highest BCUT2D eigenvalue weighted by Crippen LogP contribution is 2.31. The zero-order valence-electron chi connectivity index (χ0n) is 15.2. The van der Waals surface area contributed by atoms with E-state index in [-0.39, 0.29) is 36.0 Å². The lowest BCUT2D eigenvalue weighted by molar-refractivity contribution is -0.386. The van der Waals surface area contributed by atoms with Crippen molar-refractivity contribution in [2.45, 2.75) is 16.4 Å². The van der Waals surface area contributed by atoms with Crippen LogP contribution in [0.4, 0.5) is 5.69 Å². The first-order valence-corrected chi connectivity index (χ1v) is 11.2. The number of benzene rings is 2. The van der Waals surface area contributed by atoms with Gasteiger partial charge in [0, 0.05) is 24.1 Å². The summed E-state index contributed by atoms with van der Waals surface area (Å²) in [5, 5.41) is 11.5. The molecule has 3 rings (SSSR count). The normalized spacial score (nSPS) is 15.3. The van der Waals surface area contributed by atoms with Crippen molar-refractivity contribution in [3.63, 3.8) is 0 Å². The van der Waals surface area contributed by atoms with E-state index in [4.69, 9.17) is 9.47 Å². The van der Waals surface area contributed by atoms with Gasteiger partial charge in [0.15, 0.2) is 5.75 Å². The molecular formula is C18H20N2O6S2. The van der Waals surface area contributed by atoms with Crippen LogP contribution in [-0.2, 0) is 21.4 Å². The van der Waals surface area contributed by atoms with Gasteiger partial charge in [-0.25, -0.2) is 8.42 Å². The van der Waals surface area contributed by atoms with Crippen molar-refractivity contribution in [1.82, 2.24) is 4.31 Å². The molecule has 8 nitrogen and oxygen atoms in total.